The van der Waals surface area contributed by atoms with Gasteiger partial charge in [-0.15, -0.1) is 23.5 Å². The molecule has 1 aromatic rings. The van der Waals surface area contributed by atoms with E-state index in [1.165, 1.54) is 11.8 Å². The highest BCUT2D eigenvalue weighted by Gasteiger charge is 2.09. The Balaban J connectivity index is 2.90. The van der Waals surface area contributed by atoms with E-state index in [0.29, 0.717) is 0 Å². The Kier molecular flexibility index (Phi) is 4.84. The quantitative estimate of drug-likeness (QED) is 0.576. The topological polar surface area (TPSA) is 17.1 Å². The molecule has 0 spiro atoms. The molecule has 1 aromatic carbocycles. The van der Waals surface area contributed by atoms with Crippen LogP contribution in [0.25, 0.3) is 0 Å². The molecule has 0 aliphatic heterocycles. The summed E-state index contributed by atoms with van der Waals surface area (Å²) in [5, 5.41) is 1.89. The van der Waals surface area contributed by atoms with Crippen LogP contribution in [-0.4, -0.2) is 18.3 Å². The van der Waals surface area contributed by atoms with E-state index in [1.54, 1.807) is 11.8 Å². The normalized spacial score (nSPS) is 11.4. The summed E-state index contributed by atoms with van der Waals surface area (Å²) >= 11 is 3.04. The van der Waals surface area contributed by atoms with E-state index in [2.05, 4.69) is 0 Å². The van der Waals surface area contributed by atoms with Crippen LogP contribution in [0.15, 0.2) is 40.6 Å². The van der Waals surface area contributed by atoms with Crippen molar-refractivity contribution in [3.63, 3.8) is 0 Å². The summed E-state index contributed by atoms with van der Waals surface area (Å²) in [6.45, 7) is 0. The van der Waals surface area contributed by atoms with Crippen LogP contribution in [0.2, 0.25) is 0 Å². The summed E-state index contributed by atoms with van der Waals surface area (Å²) < 4.78 is 0. The maximum Gasteiger partial charge on any atom is 0.199 e. The molecule has 0 bridgehead atoms. The van der Waals surface area contributed by atoms with Crippen LogP contribution in [0.4, 0.5) is 0 Å². The molecular formula is C11H12OS2. The van der Waals surface area contributed by atoms with E-state index in [4.69, 9.17) is 0 Å². The average Bonchev–Trinajstić information content (AvgIpc) is 2.26. The van der Waals surface area contributed by atoms with Gasteiger partial charge in [-0.2, -0.15) is 0 Å². The van der Waals surface area contributed by atoms with Gasteiger partial charge in [0.2, 0.25) is 0 Å². The molecule has 0 amide bonds. The van der Waals surface area contributed by atoms with Gasteiger partial charge in [-0.3, -0.25) is 4.79 Å². The second-order valence-corrected chi connectivity index (χ2v) is 4.17. The zero-order valence-electron chi connectivity index (χ0n) is 8.19. The number of hydrogen-bond donors (Lipinski definition) is 0. The zero-order valence-corrected chi connectivity index (χ0v) is 9.82. The summed E-state index contributed by atoms with van der Waals surface area (Å²) in [7, 11) is 0. The van der Waals surface area contributed by atoms with Crippen LogP contribution in [0.3, 0.4) is 0 Å². The second kappa shape index (κ2) is 5.94. The van der Waals surface area contributed by atoms with E-state index in [1.807, 2.05) is 48.3 Å². The van der Waals surface area contributed by atoms with E-state index >= 15 is 0 Å². The van der Waals surface area contributed by atoms with Crippen LogP contribution in [0.1, 0.15) is 10.4 Å². The molecule has 0 atom stereocenters. The van der Waals surface area contributed by atoms with Crippen LogP contribution < -0.4 is 0 Å². The molecule has 1 rings (SSSR count). The second-order valence-electron chi connectivity index (χ2n) is 2.62. The zero-order chi connectivity index (χ0) is 10.4. The van der Waals surface area contributed by atoms with Crippen molar-refractivity contribution in [3.8, 4) is 0 Å². The first-order valence-corrected chi connectivity index (χ1v) is 6.67. The lowest BCUT2D eigenvalue weighted by Gasteiger charge is -2.02. The molecule has 0 aromatic heterocycles. The lowest BCUT2D eigenvalue weighted by atomic mass is 10.1. The Hall–Kier alpha value is -0.670. The van der Waals surface area contributed by atoms with Crippen LogP contribution in [0.5, 0.6) is 0 Å². The van der Waals surface area contributed by atoms with Crippen LogP contribution in [-0.2, 0) is 0 Å². The highest BCUT2D eigenvalue weighted by Crippen LogP contribution is 2.20. The van der Waals surface area contributed by atoms with Gasteiger partial charge in [0.15, 0.2) is 5.78 Å². The summed E-state index contributed by atoms with van der Waals surface area (Å²) in [5.41, 5.74) is 0.752. The fourth-order valence-corrected chi connectivity index (χ4v) is 2.33. The van der Waals surface area contributed by atoms with Crippen molar-refractivity contribution in [2.75, 3.05) is 12.5 Å². The van der Waals surface area contributed by atoms with Crippen LogP contribution >= 0.6 is 23.5 Å². The van der Waals surface area contributed by atoms with Gasteiger partial charge >= 0.3 is 0 Å². The monoisotopic (exact) mass is 224 g/mol. The SMILES string of the molecule is CSC=C(SC)C(=O)c1ccccc1. The van der Waals surface area contributed by atoms with Crippen LogP contribution in [0, 0.1) is 0 Å². The molecule has 0 saturated carbocycles. The minimum absolute atomic E-state index is 0.104. The largest absolute Gasteiger partial charge is 0.288 e. The van der Waals surface area contributed by atoms with Crippen molar-refractivity contribution >= 4 is 29.3 Å². The van der Waals surface area contributed by atoms with E-state index in [-0.39, 0.29) is 5.78 Å². The highest BCUT2D eigenvalue weighted by molar-refractivity contribution is 8.06. The minimum atomic E-state index is 0.104. The van der Waals surface area contributed by atoms with Gasteiger partial charge in [-0.25, -0.2) is 0 Å². The first-order valence-electron chi connectivity index (χ1n) is 4.16. The third kappa shape index (κ3) is 2.93. The Morgan fingerprint density at radius 1 is 1.21 bits per heavy atom. The van der Waals surface area contributed by atoms with Gasteiger partial charge < -0.3 is 0 Å². The molecule has 0 aliphatic rings. The number of carbonyl (C=O) groups excluding carboxylic acids is 1. The first-order chi connectivity index (χ1) is 6.79. The number of Topliss-reactive ketones (excluding diaryl/α,β-unsaturated/α-hetero) is 1. The lowest BCUT2D eigenvalue weighted by Crippen LogP contribution is -1.99. The first kappa shape index (κ1) is 11.4. The van der Waals surface area contributed by atoms with E-state index in [0.717, 1.165) is 10.5 Å². The molecule has 0 heterocycles. The molecule has 1 nitrogen and oxygen atoms in total. The number of thioether (sulfide) groups is 2. The van der Waals surface area contributed by atoms with Crippen molar-refractivity contribution in [3.05, 3.63) is 46.2 Å². The van der Waals surface area contributed by atoms with E-state index < -0.39 is 0 Å². The maximum atomic E-state index is 11.9. The van der Waals surface area contributed by atoms with Gasteiger partial charge in [-0.1, -0.05) is 30.3 Å². The van der Waals surface area contributed by atoms with E-state index in [9.17, 15) is 4.79 Å². The molecule has 14 heavy (non-hydrogen) atoms. The van der Waals surface area contributed by atoms with Gasteiger partial charge in [-0.05, 0) is 17.9 Å². The van der Waals surface area contributed by atoms with Crippen molar-refractivity contribution in [1.29, 1.82) is 0 Å². The summed E-state index contributed by atoms with van der Waals surface area (Å²) in [5.74, 6) is 0.104. The third-order valence-electron chi connectivity index (χ3n) is 1.70. The molecular weight excluding hydrogens is 212 g/mol. The molecule has 0 saturated heterocycles. The van der Waals surface area contributed by atoms with Crippen molar-refractivity contribution in [2.45, 2.75) is 0 Å². The molecule has 0 fully saturated rings. The summed E-state index contributed by atoms with van der Waals surface area (Å²) in [6, 6.07) is 9.35. The molecule has 3 heteroatoms. The van der Waals surface area contributed by atoms with Crippen molar-refractivity contribution < 1.29 is 4.79 Å². The lowest BCUT2D eigenvalue weighted by molar-refractivity contribution is 0.104. The molecule has 0 radical (unpaired) electrons. The number of rotatable bonds is 4. The van der Waals surface area contributed by atoms with Gasteiger partial charge in [0.1, 0.15) is 0 Å². The van der Waals surface area contributed by atoms with Gasteiger partial charge in [0.05, 0.1) is 4.91 Å². The summed E-state index contributed by atoms with van der Waals surface area (Å²) in [4.78, 5) is 12.7. The fourth-order valence-electron chi connectivity index (χ4n) is 1.03. The molecule has 0 unspecified atom stereocenters. The Bertz CT molecular complexity index is 330. The number of ketones is 1. The number of hydrogen-bond acceptors (Lipinski definition) is 3. The minimum Gasteiger partial charge on any atom is -0.288 e. The predicted molar refractivity (Wildman–Crippen MR) is 65.9 cm³/mol. The smallest absolute Gasteiger partial charge is 0.199 e. The number of benzene rings is 1. The molecule has 74 valence electrons. The van der Waals surface area contributed by atoms with Crippen molar-refractivity contribution in [1.82, 2.24) is 0 Å². The maximum absolute atomic E-state index is 11.9. The number of allylic oxidation sites excluding steroid dienone is 1. The fraction of sp³-hybridized carbons (Fsp3) is 0.182. The Morgan fingerprint density at radius 3 is 2.36 bits per heavy atom. The predicted octanol–water partition coefficient (Wildman–Crippen LogP) is 3.44. The molecule has 0 N–H and O–H groups in total. The highest BCUT2D eigenvalue weighted by atomic mass is 32.2. The Labute approximate surface area is 93.0 Å². The van der Waals surface area contributed by atoms with Gasteiger partial charge in [0, 0.05) is 5.56 Å². The average molecular weight is 224 g/mol. The number of carbonyl (C=O) groups is 1. The van der Waals surface area contributed by atoms with Gasteiger partial charge in [0.25, 0.3) is 0 Å². The standard InChI is InChI=1S/C11H12OS2/c1-13-8-10(14-2)11(12)9-6-4-3-5-7-9/h3-8H,1-2H3. The Morgan fingerprint density at radius 2 is 1.86 bits per heavy atom. The summed E-state index contributed by atoms with van der Waals surface area (Å²) in [6.07, 6.45) is 3.87. The molecule has 0 aliphatic carbocycles. The third-order valence-corrected chi connectivity index (χ3v) is 3.07. The van der Waals surface area contributed by atoms with Crippen molar-refractivity contribution in [2.24, 2.45) is 0 Å².